The highest BCUT2D eigenvalue weighted by molar-refractivity contribution is 7.89. The van der Waals surface area contributed by atoms with Crippen LogP contribution in [0.15, 0.2) is 0 Å². The maximum atomic E-state index is 12.9. The van der Waals surface area contributed by atoms with Gasteiger partial charge in [-0.2, -0.15) is 4.31 Å². The van der Waals surface area contributed by atoms with Gasteiger partial charge in [0, 0.05) is 12.6 Å². The number of hydrogen-bond donors (Lipinski definition) is 1. The second-order valence-corrected chi connectivity index (χ2v) is 9.26. The van der Waals surface area contributed by atoms with E-state index in [2.05, 4.69) is 5.32 Å². The number of hydrogen-bond acceptors (Lipinski definition) is 3. The van der Waals surface area contributed by atoms with Crippen molar-refractivity contribution in [3.8, 4) is 0 Å². The summed E-state index contributed by atoms with van der Waals surface area (Å²) in [4.78, 5) is 0. The molecule has 0 radical (unpaired) electrons. The van der Waals surface area contributed by atoms with E-state index in [0.717, 1.165) is 45.3 Å². The van der Waals surface area contributed by atoms with Gasteiger partial charge in [0.15, 0.2) is 0 Å². The van der Waals surface area contributed by atoms with Gasteiger partial charge in [0.05, 0.1) is 5.75 Å². The van der Waals surface area contributed by atoms with E-state index < -0.39 is 10.0 Å². The molecule has 1 aliphatic heterocycles. The molecular weight excluding hydrogens is 284 g/mol. The molecule has 3 fully saturated rings. The predicted molar refractivity (Wildman–Crippen MR) is 85.7 cm³/mol. The van der Waals surface area contributed by atoms with Gasteiger partial charge in [-0.05, 0) is 63.5 Å². The van der Waals surface area contributed by atoms with Gasteiger partial charge in [0.2, 0.25) is 10.0 Å². The van der Waals surface area contributed by atoms with Gasteiger partial charge in [-0.3, -0.25) is 0 Å². The Hall–Kier alpha value is -0.130. The SMILES string of the molecule is O=S(=O)(CC1CCCCC1)N(CC1CCCNC1)C1CC1. The number of rotatable bonds is 6. The Morgan fingerprint density at radius 2 is 1.62 bits per heavy atom. The van der Waals surface area contributed by atoms with Crippen molar-refractivity contribution in [2.75, 3.05) is 25.4 Å². The third kappa shape index (κ3) is 4.42. The van der Waals surface area contributed by atoms with Crippen molar-refractivity contribution in [1.29, 1.82) is 0 Å². The van der Waals surface area contributed by atoms with Gasteiger partial charge in [-0.15, -0.1) is 0 Å². The van der Waals surface area contributed by atoms with Crippen LogP contribution in [0.5, 0.6) is 0 Å². The molecule has 1 saturated heterocycles. The van der Waals surface area contributed by atoms with Crippen LogP contribution in [0.3, 0.4) is 0 Å². The second kappa shape index (κ2) is 6.97. The highest BCUT2D eigenvalue weighted by atomic mass is 32.2. The first-order chi connectivity index (χ1) is 10.1. The molecule has 1 N–H and O–H groups in total. The Balaban J connectivity index is 1.61. The highest BCUT2D eigenvalue weighted by Crippen LogP contribution is 2.33. The molecule has 0 amide bonds. The van der Waals surface area contributed by atoms with Crippen LogP contribution in [0.1, 0.15) is 57.8 Å². The topological polar surface area (TPSA) is 49.4 Å². The number of piperidine rings is 1. The first kappa shape index (κ1) is 15.8. The van der Waals surface area contributed by atoms with Gasteiger partial charge in [0.1, 0.15) is 0 Å². The van der Waals surface area contributed by atoms with Crippen molar-refractivity contribution >= 4 is 10.0 Å². The molecule has 21 heavy (non-hydrogen) atoms. The molecule has 3 aliphatic rings. The summed E-state index contributed by atoms with van der Waals surface area (Å²) in [5.74, 6) is 1.33. The van der Waals surface area contributed by atoms with Crippen molar-refractivity contribution in [2.24, 2.45) is 11.8 Å². The summed E-state index contributed by atoms with van der Waals surface area (Å²) in [5.41, 5.74) is 0. The fourth-order valence-corrected chi connectivity index (χ4v) is 6.16. The molecule has 0 aromatic heterocycles. The standard InChI is InChI=1S/C16H30N2O2S/c19-21(20,13-14-5-2-1-3-6-14)18(16-8-9-16)12-15-7-4-10-17-11-15/h14-17H,1-13H2. The molecule has 1 unspecified atom stereocenters. The molecule has 0 spiro atoms. The first-order valence-corrected chi connectivity index (χ1v) is 10.5. The van der Waals surface area contributed by atoms with E-state index >= 15 is 0 Å². The normalized spacial score (nSPS) is 28.9. The summed E-state index contributed by atoms with van der Waals surface area (Å²) < 4.78 is 27.6. The van der Waals surface area contributed by atoms with Crippen LogP contribution in [0.25, 0.3) is 0 Å². The summed E-state index contributed by atoms with van der Waals surface area (Å²) >= 11 is 0. The molecular formula is C16H30N2O2S. The quantitative estimate of drug-likeness (QED) is 0.819. The van der Waals surface area contributed by atoms with E-state index in [-0.39, 0.29) is 0 Å². The molecule has 3 rings (SSSR count). The average molecular weight is 314 g/mol. The Labute approximate surface area is 129 Å². The van der Waals surface area contributed by atoms with E-state index in [0.29, 0.717) is 23.6 Å². The molecule has 5 heteroatoms. The van der Waals surface area contributed by atoms with Gasteiger partial charge in [-0.25, -0.2) is 8.42 Å². The minimum atomic E-state index is -3.05. The van der Waals surface area contributed by atoms with Crippen molar-refractivity contribution < 1.29 is 8.42 Å². The molecule has 2 saturated carbocycles. The molecule has 0 bridgehead atoms. The van der Waals surface area contributed by atoms with Gasteiger partial charge < -0.3 is 5.32 Å². The molecule has 0 aromatic carbocycles. The van der Waals surface area contributed by atoms with Crippen LogP contribution >= 0.6 is 0 Å². The van der Waals surface area contributed by atoms with Crippen LogP contribution in [-0.2, 0) is 10.0 Å². The lowest BCUT2D eigenvalue weighted by Crippen LogP contribution is -2.44. The average Bonchev–Trinajstić information content (AvgIpc) is 3.31. The maximum absolute atomic E-state index is 12.9. The maximum Gasteiger partial charge on any atom is 0.214 e. The lowest BCUT2D eigenvalue weighted by atomic mass is 9.91. The Kier molecular flexibility index (Phi) is 5.23. The largest absolute Gasteiger partial charge is 0.316 e. The van der Waals surface area contributed by atoms with Crippen LogP contribution < -0.4 is 5.32 Å². The van der Waals surface area contributed by atoms with Gasteiger partial charge in [-0.1, -0.05) is 19.3 Å². The molecule has 2 aliphatic carbocycles. The third-order valence-electron chi connectivity index (χ3n) is 5.32. The van der Waals surface area contributed by atoms with Crippen molar-refractivity contribution in [1.82, 2.24) is 9.62 Å². The molecule has 4 nitrogen and oxygen atoms in total. The van der Waals surface area contributed by atoms with Crippen molar-refractivity contribution in [3.63, 3.8) is 0 Å². The molecule has 1 atom stereocenters. The fourth-order valence-electron chi connectivity index (χ4n) is 3.93. The van der Waals surface area contributed by atoms with Crippen LogP contribution in [0.4, 0.5) is 0 Å². The lowest BCUT2D eigenvalue weighted by molar-refractivity contribution is 0.283. The minimum absolute atomic E-state index is 0.320. The monoisotopic (exact) mass is 314 g/mol. The zero-order valence-electron chi connectivity index (χ0n) is 13.1. The summed E-state index contributed by atoms with van der Waals surface area (Å²) in [6.45, 7) is 2.84. The zero-order valence-corrected chi connectivity index (χ0v) is 13.9. The Morgan fingerprint density at radius 1 is 0.905 bits per heavy atom. The highest BCUT2D eigenvalue weighted by Gasteiger charge is 2.39. The predicted octanol–water partition coefficient (Wildman–Crippen LogP) is 2.36. The fraction of sp³-hybridized carbons (Fsp3) is 1.00. The van der Waals surface area contributed by atoms with E-state index in [9.17, 15) is 8.42 Å². The second-order valence-electron chi connectivity index (χ2n) is 7.30. The van der Waals surface area contributed by atoms with Crippen LogP contribution in [-0.4, -0.2) is 44.2 Å². The van der Waals surface area contributed by atoms with E-state index in [1.807, 2.05) is 4.31 Å². The third-order valence-corrected chi connectivity index (χ3v) is 7.37. The van der Waals surface area contributed by atoms with Gasteiger partial charge in [0.25, 0.3) is 0 Å². The summed E-state index contributed by atoms with van der Waals surface area (Å²) in [5, 5.41) is 3.41. The van der Waals surface area contributed by atoms with E-state index in [1.54, 1.807) is 0 Å². The Bertz CT molecular complexity index is 422. The molecule has 1 heterocycles. The smallest absolute Gasteiger partial charge is 0.214 e. The van der Waals surface area contributed by atoms with E-state index in [1.165, 1.54) is 32.1 Å². The van der Waals surface area contributed by atoms with Crippen molar-refractivity contribution in [3.05, 3.63) is 0 Å². The molecule has 0 aromatic rings. The summed E-state index contributed by atoms with van der Waals surface area (Å²) in [6, 6.07) is 0.320. The number of sulfonamides is 1. The van der Waals surface area contributed by atoms with Crippen LogP contribution in [0, 0.1) is 11.8 Å². The molecule has 122 valence electrons. The number of nitrogens with zero attached hydrogens (tertiary/aromatic N) is 1. The summed E-state index contributed by atoms with van der Waals surface area (Å²) in [6.07, 6.45) is 10.5. The van der Waals surface area contributed by atoms with Crippen LogP contribution in [0.2, 0.25) is 0 Å². The lowest BCUT2D eigenvalue weighted by Gasteiger charge is -2.31. The first-order valence-electron chi connectivity index (χ1n) is 8.85. The summed E-state index contributed by atoms with van der Waals surface area (Å²) in [7, 11) is -3.05. The zero-order chi connectivity index (χ0) is 14.7. The Morgan fingerprint density at radius 3 is 2.24 bits per heavy atom. The minimum Gasteiger partial charge on any atom is -0.316 e. The van der Waals surface area contributed by atoms with E-state index in [4.69, 9.17) is 0 Å². The number of nitrogens with one attached hydrogen (secondary N) is 1. The van der Waals surface area contributed by atoms with Crippen molar-refractivity contribution in [2.45, 2.75) is 63.8 Å². The van der Waals surface area contributed by atoms with Gasteiger partial charge >= 0.3 is 0 Å².